The molecular weight excluding hydrogens is 200 g/mol. The van der Waals surface area contributed by atoms with Crippen molar-refractivity contribution in [2.75, 3.05) is 0 Å². The minimum atomic E-state index is 0.660. The van der Waals surface area contributed by atoms with Crippen LogP contribution in [-0.4, -0.2) is 16.1 Å². The van der Waals surface area contributed by atoms with E-state index in [-0.39, 0.29) is 0 Å². The molecule has 0 aliphatic rings. The number of benzene rings is 1. The number of hydrogen-bond donors (Lipinski definition) is 0. The van der Waals surface area contributed by atoms with Crippen LogP contribution in [0.1, 0.15) is 27.2 Å². The average Bonchev–Trinajstić information content (AvgIpc) is 2.58. The Labute approximate surface area is 94.7 Å². The van der Waals surface area contributed by atoms with Crippen LogP contribution in [0.4, 0.5) is 0 Å². The summed E-state index contributed by atoms with van der Waals surface area (Å²) in [5, 5.41) is 4.29. The fraction of sp³-hybridized carbons (Fsp3) is 0.231. The van der Waals surface area contributed by atoms with Gasteiger partial charge in [-0.25, -0.2) is 0 Å². The predicted molar refractivity (Wildman–Crippen MR) is 62.6 cm³/mol. The van der Waals surface area contributed by atoms with Crippen LogP contribution in [0.5, 0.6) is 0 Å². The molecule has 1 heterocycles. The molecule has 16 heavy (non-hydrogen) atoms. The number of nitrogens with zero attached hydrogens (tertiary/aromatic N) is 2. The summed E-state index contributed by atoms with van der Waals surface area (Å²) in [7, 11) is 0. The molecule has 1 aromatic carbocycles. The first-order chi connectivity index (χ1) is 7.69. The molecular formula is C13H14N2O. The molecule has 0 bridgehead atoms. The van der Waals surface area contributed by atoms with Gasteiger partial charge in [-0.15, -0.1) is 0 Å². The topological polar surface area (TPSA) is 34.9 Å². The number of aromatic nitrogens is 2. The summed E-state index contributed by atoms with van der Waals surface area (Å²) in [5.41, 5.74) is 3.87. The molecule has 0 aliphatic carbocycles. The first-order valence-corrected chi connectivity index (χ1v) is 5.24. The van der Waals surface area contributed by atoms with Crippen molar-refractivity contribution in [3.63, 3.8) is 0 Å². The van der Waals surface area contributed by atoms with E-state index >= 15 is 0 Å². The largest absolute Gasteiger partial charge is 0.298 e. The van der Waals surface area contributed by atoms with Crippen LogP contribution >= 0.6 is 0 Å². The van der Waals surface area contributed by atoms with Gasteiger partial charge in [-0.2, -0.15) is 5.10 Å². The lowest BCUT2D eigenvalue weighted by Gasteiger charge is -2.02. The standard InChI is InChI=1S/C13H14N2O/c1-10-4-3-5-12(6-10)7-15-8-13(9-16)11(2)14-15/h3-6,8-9H,7H2,1-2H3. The van der Waals surface area contributed by atoms with E-state index in [1.54, 1.807) is 10.9 Å². The van der Waals surface area contributed by atoms with Crippen LogP contribution in [0.3, 0.4) is 0 Å². The summed E-state index contributed by atoms with van der Waals surface area (Å²) >= 11 is 0. The Morgan fingerprint density at radius 3 is 2.81 bits per heavy atom. The summed E-state index contributed by atoms with van der Waals surface area (Å²) in [5.74, 6) is 0. The molecule has 2 aromatic rings. The van der Waals surface area contributed by atoms with E-state index in [9.17, 15) is 4.79 Å². The maximum atomic E-state index is 10.7. The minimum Gasteiger partial charge on any atom is -0.298 e. The number of aldehydes is 1. The van der Waals surface area contributed by atoms with Crippen molar-refractivity contribution >= 4 is 6.29 Å². The first kappa shape index (κ1) is 10.6. The van der Waals surface area contributed by atoms with Gasteiger partial charge in [-0.3, -0.25) is 9.48 Å². The van der Waals surface area contributed by atoms with Gasteiger partial charge in [-0.05, 0) is 19.4 Å². The molecule has 0 radical (unpaired) electrons. The molecule has 1 aromatic heterocycles. The molecule has 3 nitrogen and oxygen atoms in total. The Bertz CT molecular complexity index is 514. The quantitative estimate of drug-likeness (QED) is 0.735. The van der Waals surface area contributed by atoms with Crippen LogP contribution in [-0.2, 0) is 6.54 Å². The normalized spacial score (nSPS) is 10.4. The molecule has 3 heteroatoms. The Balaban J connectivity index is 2.23. The van der Waals surface area contributed by atoms with Crippen molar-refractivity contribution in [2.45, 2.75) is 20.4 Å². The van der Waals surface area contributed by atoms with Crippen molar-refractivity contribution in [3.05, 3.63) is 52.8 Å². The fourth-order valence-electron chi connectivity index (χ4n) is 1.73. The average molecular weight is 214 g/mol. The lowest BCUT2D eigenvalue weighted by molar-refractivity contribution is 0.112. The number of carbonyl (C=O) groups excluding carboxylic acids is 1. The van der Waals surface area contributed by atoms with Gasteiger partial charge in [0.05, 0.1) is 17.8 Å². The molecule has 0 saturated heterocycles. The lowest BCUT2D eigenvalue weighted by Crippen LogP contribution is -2.00. The van der Waals surface area contributed by atoms with Crippen LogP contribution < -0.4 is 0 Å². The third-order valence-corrected chi connectivity index (χ3v) is 2.54. The highest BCUT2D eigenvalue weighted by atomic mass is 16.1. The third-order valence-electron chi connectivity index (χ3n) is 2.54. The van der Waals surface area contributed by atoms with Crippen LogP contribution in [0.25, 0.3) is 0 Å². The van der Waals surface area contributed by atoms with Crippen molar-refractivity contribution in [1.82, 2.24) is 9.78 Å². The molecule has 0 saturated carbocycles. The van der Waals surface area contributed by atoms with Gasteiger partial charge in [0.2, 0.25) is 0 Å². The van der Waals surface area contributed by atoms with Gasteiger partial charge >= 0.3 is 0 Å². The number of carbonyl (C=O) groups is 1. The lowest BCUT2D eigenvalue weighted by atomic mass is 10.1. The SMILES string of the molecule is Cc1cccc(Cn2cc(C=O)c(C)n2)c1. The van der Waals surface area contributed by atoms with Crippen molar-refractivity contribution < 1.29 is 4.79 Å². The summed E-state index contributed by atoms with van der Waals surface area (Å²) in [6.45, 7) is 4.61. The molecule has 0 unspecified atom stereocenters. The molecule has 0 N–H and O–H groups in total. The second-order valence-electron chi connectivity index (χ2n) is 3.97. The predicted octanol–water partition coefficient (Wildman–Crippen LogP) is 2.36. The Morgan fingerprint density at radius 1 is 1.38 bits per heavy atom. The van der Waals surface area contributed by atoms with E-state index in [2.05, 4.69) is 30.2 Å². The van der Waals surface area contributed by atoms with Crippen LogP contribution in [0.15, 0.2) is 30.5 Å². The maximum absolute atomic E-state index is 10.7. The number of hydrogen-bond acceptors (Lipinski definition) is 2. The minimum absolute atomic E-state index is 0.660. The molecule has 0 spiro atoms. The molecule has 2 rings (SSSR count). The highest BCUT2D eigenvalue weighted by Gasteiger charge is 2.03. The van der Waals surface area contributed by atoms with E-state index in [4.69, 9.17) is 0 Å². The van der Waals surface area contributed by atoms with E-state index < -0.39 is 0 Å². The van der Waals surface area contributed by atoms with Gasteiger partial charge < -0.3 is 0 Å². The number of aryl methyl sites for hydroxylation is 2. The van der Waals surface area contributed by atoms with Gasteiger partial charge in [0.1, 0.15) is 0 Å². The number of rotatable bonds is 3. The van der Waals surface area contributed by atoms with Crippen molar-refractivity contribution in [3.8, 4) is 0 Å². The van der Waals surface area contributed by atoms with Crippen molar-refractivity contribution in [1.29, 1.82) is 0 Å². The first-order valence-electron chi connectivity index (χ1n) is 5.24. The Kier molecular flexibility index (Phi) is 2.86. The molecule has 0 atom stereocenters. The van der Waals surface area contributed by atoms with Gasteiger partial charge in [0.25, 0.3) is 0 Å². The summed E-state index contributed by atoms with van der Waals surface area (Å²) in [6.07, 6.45) is 2.62. The molecule has 0 fully saturated rings. The highest BCUT2D eigenvalue weighted by molar-refractivity contribution is 5.75. The fourth-order valence-corrected chi connectivity index (χ4v) is 1.73. The molecule has 0 amide bonds. The van der Waals surface area contributed by atoms with E-state index in [1.807, 2.05) is 13.0 Å². The van der Waals surface area contributed by atoms with Gasteiger partial charge in [0.15, 0.2) is 6.29 Å². The second-order valence-corrected chi connectivity index (χ2v) is 3.97. The zero-order chi connectivity index (χ0) is 11.5. The molecule has 0 aliphatic heterocycles. The smallest absolute Gasteiger partial charge is 0.153 e. The Morgan fingerprint density at radius 2 is 2.19 bits per heavy atom. The van der Waals surface area contributed by atoms with E-state index in [1.165, 1.54) is 11.1 Å². The van der Waals surface area contributed by atoms with Gasteiger partial charge in [0, 0.05) is 6.20 Å². The zero-order valence-electron chi connectivity index (χ0n) is 9.47. The summed E-state index contributed by atoms with van der Waals surface area (Å²) in [4.78, 5) is 10.7. The van der Waals surface area contributed by atoms with Crippen LogP contribution in [0.2, 0.25) is 0 Å². The summed E-state index contributed by atoms with van der Waals surface area (Å²) < 4.78 is 1.80. The molecule has 82 valence electrons. The van der Waals surface area contributed by atoms with Crippen molar-refractivity contribution in [2.24, 2.45) is 0 Å². The van der Waals surface area contributed by atoms with Gasteiger partial charge in [-0.1, -0.05) is 29.8 Å². The monoisotopic (exact) mass is 214 g/mol. The van der Waals surface area contributed by atoms with Crippen LogP contribution in [0, 0.1) is 13.8 Å². The third kappa shape index (κ3) is 2.19. The van der Waals surface area contributed by atoms with E-state index in [0.29, 0.717) is 12.1 Å². The summed E-state index contributed by atoms with van der Waals surface area (Å²) in [6, 6.07) is 8.28. The highest BCUT2D eigenvalue weighted by Crippen LogP contribution is 2.08. The Hall–Kier alpha value is -1.90. The maximum Gasteiger partial charge on any atom is 0.153 e. The second kappa shape index (κ2) is 4.31. The zero-order valence-corrected chi connectivity index (χ0v) is 9.47. The van der Waals surface area contributed by atoms with E-state index in [0.717, 1.165) is 12.0 Å².